The van der Waals surface area contributed by atoms with Crippen molar-refractivity contribution in [2.24, 2.45) is 0 Å². The zero-order valence-corrected chi connectivity index (χ0v) is 16.3. The highest BCUT2D eigenvalue weighted by atomic mass is 16.5. The number of aliphatic hydroxyl groups excluding tert-OH is 1. The van der Waals surface area contributed by atoms with Gasteiger partial charge in [0.1, 0.15) is 0 Å². The van der Waals surface area contributed by atoms with Crippen LogP contribution < -0.4 is 5.32 Å². The Kier molecular flexibility index (Phi) is 9.72. The second kappa shape index (κ2) is 12.0. The number of nitrogens with one attached hydrogen (secondary N) is 1. The summed E-state index contributed by atoms with van der Waals surface area (Å²) in [6, 6.07) is 9.22. The lowest BCUT2D eigenvalue weighted by Crippen LogP contribution is -2.47. The van der Waals surface area contributed by atoms with Crippen molar-refractivity contribution in [3.05, 3.63) is 30.3 Å². The van der Waals surface area contributed by atoms with E-state index in [2.05, 4.69) is 10.2 Å². The summed E-state index contributed by atoms with van der Waals surface area (Å²) in [5.41, 5.74) is 0.700. The minimum Gasteiger partial charge on any atom is -0.390 e. The maximum Gasteiger partial charge on any atom is 0.256 e. The smallest absolute Gasteiger partial charge is 0.256 e. The van der Waals surface area contributed by atoms with Crippen molar-refractivity contribution in [2.45, 2.75) is 37.6 Å². The van der Waals surface area contributed by atoms with Crippen molar-refractivity contribution in [3.8, 4) is 0 Å². The lowest BCUT2D eigenvalue weighted by molar-refractivity contribution is -0.153. The van der Waals surface area contributed by atoms with Gasteiger partial charge in [-0.25, -0.2) is 0 Å². The molecule has 0 bridgehead atoms. The lowest BCUT2D eigenvalue weighted by atomic mass is 9.98. The van der Waals surface area contributed by atoms with Crippen LogP contribution in [-0.2, 0) is 19.0 Å². The second-order valence-corrected chi connectivity index (χ2v) is 6.79. The molecule has 0 aromatic heterocycles. The van der Waals surface area contributed by atoms with Gasteiger partial charge in [0, 0.05) is 39.5 Å². The average molecular weight is 380 g/mol. The zero-order valence-electron chi connectivity index (χ0n) is 16.3. The number of carbonyl (C=O) groups is 1. The molecule has 2 N–H and O–H groups in total. The standard InChI is InChI=1S/C20H32N2O5/c1-25-14-12-22(13-15-26-2)11-10-17-8-9-18(23)19(27-17)20(24)21-16-6-4-3-5-7-16/h3-7,17-19,23H,8-15H2,1-2H3,(H,21,24)/t17-,18-,19-/m0/s1. The first-order valence-electron chi connectivity index (χ1n) is 9.53. The van der Waals surface area contributed by atoms with Crippen LogP contribution in [0.2, 0.25) is 0 Å². The summed E-state index contributed by atoms with van der Waals surface area (Å²) in [6.07, 6.45) is 0.452. The highest BCUT2D eigenvalue weighted by Gasteiger charge is 2.35. The molecule has 3 atom stereocenters. The topological polar surface area (TPSA) is 80.3 Å². The third-order valence-corrected chi connectivity index (χ3v) is 4.76. The molecule has 2 rings (SSSR count). The van der Waals surface area contributed by atoms with Crippen molar-refractivity contribution in [1.29, 1.82) is 0 Å². The van der Waals surface area contributed by atoms with Crippen LogP contribution >= 0.6 is 0 Å². The summed E-state index contributed by atoms with van der Waals surface area (Å²) in [4.78, 5) is 14.8. The fourth-order valence-electron chi connectivity index (χ4n) is 3.16. The minimum absolute atomic E-state index is 0.0486. The Morgan fingerprint density at radius 3 is 2.44 bits per heavy atom. The van der Waals surface area contributed by atoms with E-state index in [1.165, 1.54) is 0 Å². The number of nitrogens with zero attached hydrogens (tertiary/aromatic N) is 1. The highest BCUT2D eigenvalue weighted by molar-refractivity contribution is 5.94. The van der Waals surface area contributed by atoms with Gasteiger partial charge in [0.2, 0.25) is 0 Å². The van der Waals surface area contributed by atoms with Crippen LogP contribution in [-0.4, -0.2) is 81.3 Å². The van der Waals surface area contributed by atoms with E-state index in [1.54, 1.807) is 14.2 Å². The first-order chi connectivity index (χ1) is 13.1. The van der Waals surface area contributed by atoms with E-state index >= 15 is 0 Å². The number of ether oxygens (including phenoxy) is 3. The fraction of sp³-hybridized carbons (Fsp3) is 0.650. The molecule has 0 saturated carbocycles. The Morgan fingerprint density at radius 1 is 1.15 bits per heavy atom. The molecule has 1 amide bonds. The number of carbonyl (C=O) groups excluding carboxylic acids is 1. The van der Waals surface area contributed by atoms with Gasteiger partial charge >= 0.3 is 0 Å². The maximum atomic E-state index is 12.5. The van der Waals surface area contributed by atoms with Gasteiger partial charge in [0.25, 0.3) is 5.91 Å². The van der Waals surface area contributed by atoms with E-state index in [0.717, 1.165) is 32.5 Å². The number of rotatable bonds is 11. The molecule has 27 heavy (non-hydrogen) atoms. The van der Waals surface area contributed by atoms with Gasteiger partial charge in [-0.05, 0) is 31.4 Å². The summed E-state index contributed by atoms with van der Waals surface area (Å²) in [6.45, 7) is 3.81. The molecule has 152 valence electrons. The van der Waals surface area contributed by atoms with Gasteiger partial charge in [-0.3, -0.25) is 9.69 Å². The zero-order chi connectivity index (χ0) is 19.5. The quantitative estimate of drug-likeness (QED) is 0.606. The van der Waals surface area contributed by atoms with Crippen molar-refractivity contribution < 1.29 is 24.1 Å². The molecule has 0 unspecified atom stereocenters. The predicted octanol–water partition coefficient (Wildman–Crippen LogP) is 1.52. The molecule has 1 heterocycles. The molecule has 0 radical (unpaired) electrons. The molecule has 0 spiro atoms. The largest absolute Gasteiger partial charge is 0.390 e. The van der Waals surface area contributed by atoms with Crippen LogP contribution in [0.25, 0.3) is 0 Å². The lowest BCUT2D eigenvalue weighted by Gasteiger charge is -2.34. The number of aliphatic hydroxyl groups is 1. The van der Waals surface area contributed by atoms with E-state index in [-0.39, 0.29) is 12.0 Å². The van der Waals surface area contributed by atoms with Crippen LogP contribution in [0.15, 0.2) is 30.3 Å². The number of anilines is 1. The fourth-order valence-corrected chi connectivity index (χ4v) is 3.16. The number of methoxy groups -OCH3 is 2. The third-order valence-electron chi connectivity index (χ3n) is 4.76. The first-order valence-corrected chi connectivity index (χ1v) is 9.53. The number of hydrogen-bond acceptors (Lipinski definition) is 6. The van der Waals surface area contributed by atoms with E-state index in [4.69, 9.17) is 14.2 Å². The number of benzene rings is 1. The van der Waals surface area contributed by atoms with Crippen molar-refractivity contribution >= 4 is 11.6 Å². The Labute approximate surface area is 161 Å². The molecule has 0 aliphatic carbocycles. The van der Waals surface area contributed by atoms with Crippen molar-refractivity contribution in [3.63, 3.8) is 0 Å². The molecule has 1 aliphatic rings. The Bertz CT molecular complexity index is 534. The normalized spacial score (nSPS) is 22.7. The average Bonchev–Trinajstić information content (AvgIpc) is 2.69. The van der Waals surface area contributed by atoms with Crippen LogP contribution in [0.5, 0.6) is 0 Å². The Balaban J connectivity index is 1.84. The van der Waals surface area contributed by atoms with Crippen LogP contribution in [0.3, 0.4) is 0 Å². The number of amides is 1. The molecular formula is C20H32N2O5. The molecular weight excluding hydrogens is 348 g/mol. The van der Waals surface area contributed by atoms with E-state index in [1.807, 2.05) is 30.3 Å². The summed E-state index contributed by atoms with van der Waals surface area (Å²) in [7, 11) is 3.38. The molecule has 7 nitrogen and oxygen atoms in total. The van der Waals surface area contributed by atoms with Crippen molar-refractivity contribution in [2.75, 3.05) is 52.4 Å². The summed E-state index contributed by atoms with van der Waals surface area (Å²) in [5, 5.41) is 13.0. The predicted molar refractivity (Wildman–Crippen MR) is 104 cm³/mol. The van der Waals surface area contributed by atoms with Crippen molar-refractivity contribution in [1.82, 2.24) is 4.90 Å². The molecule has 1 saturated heterocycles. The van der Waals surface area contributed by atoms with E-state index in [0.29, 0.717) is 25.3 Å². The molecule has 1 aromatic rings. The summed E-state index contributed by atoms with van der Waals surface area (Å²) < 4.78 is 16.3. The third kappa shape index (κ3) is 7.56. The number of para-hydroxylation sites is 1. The Morgan fingerprint density at radius 2 is 1.81 bits per heavy atom. The molecule has 1 aliphatic heterocycles. The SMILES string of the molecule is COCCN(CCOC)CC[C@@H]1CC[C@H](O)[C@@H](C(=O)Nc2ccccc2)O1. The van der Waals surface area contributed by atoms with Crippen LogP contribution in [0.4, 0.5) is 5.69 Å². The highest BCUT2D eigenvalue weighted by Crippen LogP contribution is 2.23. The van der Waals surface area contributed by atoms with Gasteiger partial charge in [-0.1, -0.05) is 18.2 Å². The Hall–Kier alpha value is -1.51. The first kappa shape index (κ1) is 21.8. The summed E-state index contributed by atoms with van der Waals surface area (Å²) >= 11 is 0. The van der Waals surface area contributed by atoms with Crippen LogP contribution in [0, 0.1) is 0 Å². The van der Waals surface area contributed by atoms with Gasteiger partial charge in [0.05, 0.1) is 25.4 Å². The van der Waals surface area contributed by atoms with Gasteiger partial charge in [-0.2, -0.15) is 0 Å². The number of hydrogen-bond donors (Lipinski definition) is 2. The minimum atomic E-state index is -0.838. The van der Waals surface area contributed by atoms with Gasteiger partial charge in [0.15, 0.2) is 6.10 Å². The van der Waals surface area contributed by atoms with Crippen LogP contribution in [0.1, 0.15) is 19.3 Å². The second-order valence-electron chi connectivity index (χ2n) is 6.79. The summed E-state index contributed by atoms with van der Waals surface area (Å²) in [5.74, 6) is -0.297. The van der Waals surface area contributed by atoms with E-state index in [9.17, 15) is 9.90 Å². The monoisotopic (exact) mass is 380 g/mol. The van der Waals surface area contributed by atoms with Gasteiger partial charge in [-0.15, -0.1) is 0 Å². The maximum absolute atomic E-state index is 12.5. The molecule has 1 fully saturated rings. The van der Waals surface area contributed by atoms with Gasteiger partial charge < -0.3 is 24.6 Å². The molecule has 1 aromatic carbocycles. The molecule has 7 heteroatoms. The van der Waals surface area contributed by atoms with E-state index < -0.39 is 12.2 Å².